The lowest BCUT2D eigenvalue weighted by Crippen LogP contribution is -2.07. The quantitative estimate of drug-likeness (QED) is 0.384. The summed E-state index contributed by atoms with van der Waals surface area (Å²) in [6.07, 6.45) is 1.11. The highest BCUT2D eigenvalue weighted by Crippen LogP contribution is 2.30. The molecule has 0 bridgehead atoms. The highest BCUT2D eigenvalue weighted by molar-refractivity contribution is 5.88. The van der Waals surface area contributed by atoms with Gasteiger partial charge in [-0.15, -0.1) is 0 Å². The van der Waals surface area contributed by atoms with Crippen molar-refractivity contribution in [2.45, 2.75) is 13.5 Å². The molecule has 2 aromatic carbocycles. The first-order valence-electron chi connectivity index (χ1n) is 7.83. The summed E-state index contributed by atoms with van der Waals surface area (Å²) in [5.41, 5.74) is 3.44. The van der Waals surface area contributed by atoms with Crippen molar-refractivity contribution in [3.05, 3.63) is 67.3 Å². The Morgan fingerprint density at radius 1 is 1.17 bits per heavy atom. The molecule has 3 rings (SSSR count). The van der Waals surface area contributed by atoms with Crippen LogP contribution in [0, 0.1) is 0 Å². The topological polar surface area (TPSA) is 40.5 Å². The van der Waals surface area contributed by atoms with Crippen molar-refractivity contribution in [2.75, 3.05) is 6.79 Å². The summed E-state index contributed by atoms with van der Waals surface area (Å²) in [6.45, 7) is 6.18. The van der Waals surface area contributed by atoms with Crippen LogP contribution in [-0.2, 0) is 16.1 Å². The lowest BCUT2D eigenvalue weighted by Gasteiger charge is -2.09. The largest absolute Gasteiger partial charge is 0.457 e. The SMILES string of the molecule is C=CC(=O)OCOc1ccc2cc(-c3ccccc3)n(CC)c2c1. The van der Waals surface area contributed by atoms with Crippen LogP contribution in [0.25, 0.3) is 22.2 Å². The van der Waals surface area contributed by atoms with Crippen LogP contribution in [0.5, 0.6) is 5.75 Å². The van der Waals surface area contributed by atoms with Crippen LogP contribution >= 0.6 is 0 Å². The van der Waals surface area contributed by atoms with Crippen LogP contribution in [0.1, 0.15) is 6.92 Å². The lowest BCUT2D eigenvalue weighted by atomic mass is 10.1. The average Bonchev–Trinajstić information content (AvgIpc) is 3.00. The molecule has 4 heteroatoms. The molecule has 0 saturated heterocycles. The fourth-order valence-corrected chi connectivity index (χ4v) is 2.73. The number of benzene rings is 2. The molecular formula is C20H19NO3. The molecule has 1 aromatic heterocycles. The van der Waals surface area contributed by atoms with E-state index in [9.17, 15) is 4.79 Å². The van der Waals surface area contributed by atoms with E-state index in [1.165, 1.54) is 11.3 Å². The molecule has 0 amide bonds. The van der Waals surface area contributed by atoms with E-state index in [1.807, 2.05) is 36.4 Å². The van der Waals surface area contributed by atoms with Crippen LogP contribution in [0.2, 0.25) is 0 Å². The molecule has 4 nitrogen and oxygen atoms in total. The van der Waals surface area contributed by atoms with Gasteiger partial charge in [-0.2, -0.15) is 0 Å². The van der Waals surface area contributed by atoms with Gasteiger partial charge in [-0.1, -0.05) is 36.9 Å². The van der Waals surface area contributed by atoms with E-state index in [2.05, 4.69) is 36.3 Å². The van der Waals surface area contributed by atoms with E-state index in [0.717, 1.165) is 23.5 Å². The molecule has 0 N–H and O–H groups in total. The monoisotopic (exact) mass is 321 g/mol. The normalized spacial score (nSPS) is 10.5. The maximum Gasteiger partial charge on any atom is 0.333 e. The van der Waals surface area contributed by atoms with Gasteiger partial charge in [-0.3, -0.25) is 0 Å². The fraction of sp³-hybridized carbons (Fsp3) is 0.150. The van der Waals surface area contributed by atoms with Crippen molar-refractivity contribution < 1.29 is 14.3 Å². The van der Waals surface area contributed by atoms with E-state index >= 15 is 0 Å². The van der Waals surface area contributed by atoms with E-state index in [4.69, 9.17) is 9.47 Å². The van der Waals surface area contributed by atoms with Crippen molar-refractivity contribution in [1.82, 2.24) is 4.57 Å². The van der Waals surface area contributed by atoms with Crippen molar-refractivity contribution in [2.24, 2.45) is 0 Å². The van der Waals surface area contributed by atoms with Gasteiger partial charge in [0.25, 0.3) is 0 Å². The minimum absolute atomic E-state index is 0.130. The second-order valence-corrected chi connectivity index (χ2v) is 5.29. The number of hydrogen-bond acceptors (Lipinski definition) is 3. The molecule has 0 atom stereocenters. The summed E-state index contributed by atoms with van der Waals surface area (Å²) in [6, 6.07) is 18.3. The molecule has 0 saturated carbocycles. The van der Waals surface area contributed by atoms with Gasteiger partial charge >= 0.3 is 5.97 Å². The van der Waals surface area contributed by atoms with Crippen LogP contribution in [0.4, 0.5) is 0 Å². The molecule has 24 heavy (non-hydrogen) atoms. The molecular weight excluding hydrogens is 302 g/mol. The third kappa shape index (κ3) is 3.18. The fourth-order valence-electron chi connectivity index (χ4n) is 2.73. The van der Waals surface area contributed by atoms with Crippen molar-refractivity contribution >= 4 is 16.9 Å². The van der Waals surface area contributed by atoms with Crippen LogP contribution in [0.3, 0.4) is 0 Å². The molecule has 0 fully saturated rings. The maximum absolute atomic E-state index is 11.1. The summed E-state index contributed by atoms with van der Waals surface area (Å²) < 4.78 is 12.6. The maximum atomic E-state index is 11.1. The first-order chi connectivity index (χ1) is 11.7. The number of carbonyl (C=O) groups excluding carboxylic acids is 1. The van der Waals surface area contributed by atoms with E-state index in [1.54, 1.807) is 0 Å². The van der Waals surface area contributed by atoms with E-state index in [-0.39, 0.29) is 6.79 Å². The van der Waals surface area contributed by atoms with Crippen molar-refractivity contribution in [3.8, 4) is 17.0 Å². The molecule has 0 spiro atoms. The molecule has 0 radical (unpaired) electrons. The molecule has 0 aliphatic carbocycles. The Hall–Kier alpha value is -3.01. The van der Waals surface area contributed by atoms with Crippen LogP contribution < -0.4 is 4.74 Å². The summed E-state index contributed by atoms with van der Waals surface area (Å²) >= 11 is 0. The lowest BCUT2D eigenvalue weighted by molar-refractivity contribution is -0.144. The number of aromatic nitrogens is 1. The number of fused-ring (bicyclic) bond motifs is 1. The Kier molecular flexibility index (Phi) is 4.66. The van der Waals surface area contributed by atoms with Gasteiger partial charge in [-0.25, -0.2) is 4.79 Å². The van der Waals surface area contributed by atoms with Crippen LogP contribution in [-0.4, -0.2) is 17.3 Å². The molecule has 0 aliphatic rings. The van der Waals surface area contributed by atoms with Crippen molar-refractivity contribution in [3.63, 3.8) is 0 Å². The highest BCUT2D eigenvalue weighted by Gasteiger charge is 2.10. The first-order valence-corrected chi connectivity index (χ1v) is 7.83. The number of ether oxygens (including phenoxy) is 2. The van der Waals surface area contributed by atoms with Gasteiger partial charge in [0, 0.05) is 29.8 Å². The zero-order valence-electron chi connectivity index (χ0n) is 13.6. The molecule has 0 aliphatic heterocycles. The molecule has 122 valence electrons. The van der Waals surface area contributed by atoms with Gasteiger partial charge in [0.15, 0.2) is 0 Å². The Labute approximate surface area is 140 Å². The predicted molar refractivity (Wildman–Crippen MR) is 94.8 cm³/mol. The smallest absolute Gasteiger partial charge is 0.333 e. The summed E-state index contributed by atoms with van der Waals surface area (Å²) in [5.74, 6) is 0.158. The number of nitrogens with zero attached hydrogens (tertiary/aromatic N) is 1. The minimum Gasteiger partial charge on any atom is -0.457 e. The van der Waals surface area contributed by atoms with E-state index < -0.39 is 5.97 Å². The second-order valence-electron chi connectivity index (χ2n) is 5.29. The Morgan fingerprint density at radius 2 is 1.96 bits per heavy atom. The predicted octanol–water partition coefficient (Wildman–Crippen LogP) is 4.39. The second kappa shape index (κ2) is 7.04. The zero-order valence-corrected chi connectivity index (χ0v) is 13.6. The standard InChI is InChI=1S/C20H19NO3/c1-3-20(22)24-14-23-17-11-10-16-12-18(15-8-6-5-7-9-15)21(4-2)19(16)13-17/h3,5-13H,1,4,14H2,2H3. The highest BCUT2D eigenvalue weighted by atomic mass is 16.7. The Balaban J connectivity index is 1.91. The van der Waals surface area contributed by atoms with Gasteiger partial charge in [-0.05, 0) is 30.7 Å². The first kappa shape index (κ1) is 15.9. The number of rotatable bonds is 6. The number of aryl methyl sites for hydroxylation is 1. The van der Waals surface area contributed by atoms with Crippen LogP contribution in [0.15, 0.2) is 67.3 Å². The Bertz CT molecular complexity index is 865. The third-order valence-electron chi connectivity index (χ3n) is 3.85. The average molecular weight is 321 g/mol. The summed E-state index contributed by atoms with van der Waals surface area (Å²) in [7, 11) is 0. The van der Waals surface area contributed by atoms with E-state index in [0.29, 0.717) is 5.75 Å². The summed E-state index contributed by atoms with van der Waals surface area (Å²) in [5, 5.41) is 1.14. The number of carbonyl (C=O) groups is 1. The van der Waals surface area contributed by atoms with Gasteiger partial charge in [0.2, 0.25) is 6.79 Å². The van der Waals surface area contributed by atoms with Crippen molar-refractivity contribution in [1.29, 1.82) is 0 Å². The minimum atomic E-state index is -0.501. The molecule has 1 heterocycles. The molecule has 0 unspecified atom stereocenters. The zero-order chi connectivity index (χ0) is 16.9. The third-order valence-corrected chi connectivity index (χ3v) is 3.85. The molecule has 3 aromatic rings. The van der Waals surface area contributed by atoms with Gasteiger partial charge in [0.1, 0.15) is 5.75 Å². The number of esters is 1. The van der Waals surface area contributed by atoms with Gasteiger partial charge < -0.3 is 14.0 Å². The number of hydrogen-bond donors (Lipinski definition) is 0. The van der Waals surface area contributed by atoms with Gasteiger partial charge in [0.05, 0.1) is 5.52 Å². The summed E-state index contributed by atoms with van der Waals surface area (Å²) in [4.78, 5) is 11.1. The Morgan fingerprint density at radius 3 is 2.67 bits per heavy atom.